The smallest absolute Gasteiger partial charge is 0.149 e. The molecule has 1 unspecified atom stereocenters. The van der Waals surface area contributed by atoms with E-state index in [1.54, 1.807) is 0 Å². The lowest BCUT2D eigenvalue weighted by Crippen LogP contribution is -2.58. The highest BCUT2D eigenvalue weighted by molar-refractivity contribution is 6.75. The molecular weight excluding hydrogens is 1040 g/mol. The Kier molecular flexibility index (Phi) is 17.8. The van der Waals surface area contributed by atoms with E-state index in [1.165, 1.54) is 264 Å². The van der Waals surface area contributed by atoms with Gasteiger partial charge >= 0.3 is 0 Å². The van der Waals surface area contributed by atoms with E-state index in [4.69, 9.17) is 6.42 Å². The first-order chi connectivity index (χ1) is 41.9. The maximum absolute atomic E-state index is 6.24. The zero-order valence-corrected chi connectivity index (χ0v) is 62.0. The van der Waals surface area contributed by atoms with Gasteiger partial charge in [0, 0.05) is 22.5 Å². The van der Waals surface area contributed by atoms with Crippen LogP contribution >= 0.6 is 0 Å². The largest absolute Gasteiger partial charge is 0.313 e. The first-order valence-corrected chi connectivity index (χ1v) is 33.4. The summed E-state index contributed by atoms with van der Waals surface area (Å²) in [4.78, 5) is 2.72. The van der Waals surface area contributed by atoms with Crippen LogP contribution in [-0.2, 0) is 5.41 Å². The van der Waals surface area contributed by atoms with Crippen LogP contribution < -0.4 is 169 Å². The third kappa shape index (κ3) is 9.23. The van der Waals surface area contributed by atoms with Crippen molar-refractivity contribution in [1.29, 1.82) is 0 Å². The SMILES string of the molecule is B/C(C#C)=C(B)/C(B)=C1\CC2(c3c(B)c(B)c(B)c(B)c31)c1c(B)c(B)c(B)c(B)c1-c1c(B)c(B)c(-c3ccc(N(c4c(B)c(B)c(-c5c(B)c(B)c(B)c(B)c5B)c(B)c4B)c4c(B)c(B)c(-c5c(B)c(B)c(B)c(B)c5B)c(B)c4B)c(B)c3)c(B)c12. The molecule has 90 heavy (non-hydrogen) atoms. The van der Waals surface area contributed by atoms with E-state index in [-0.39, 0.29) is 0 Å². The molecule has 0 aliphatic heterocycles. The molecule has 1 spiro atoms. The molecule has 2 aliphatic rings. The maximum Gasteiger partial charge on any atom is 0.149 e. The van der Waals surface area contributed by atoms with Crippen LogP contribution in [-0.4, -0.2) is 259 Å². The lowest BCUT2D eigenvalue weighted by atomic mass is 9.56. The van der Waals surface area contributed by atoms with Crippen molar-refractivity contribution >= 4 is 445 Å². The third-order valence-corrected chi connectivity index (χ3v) is 25.6. The van der Waals surface area contributed by atoms with Gasteiger partial charge in [-0.25, -0.2) is 0 Å². The lowest BCUT2D eigenvalue weighted by molar-refractivity contribution is 0.695. The second-order valence-electron chi connectivity index (χ2n) is 28.9. The summed E-state index contributed by atoms with van der Waals surface area (Å²) < 4.78 is 0. The van der Waals surface area contributed by atoms with Crippen LogP contribution in [0.15, 0.2) is 34.6 Å². The standard InChI is InChI=1S/C56H72B33N/c1-2-9(57)24(60)23(59)8-6-56(20-13(8)27(63)40(76)46(82)38(20)74)21-14(15-22(56)39(75)47(83)41(77)29(15)65)28(64)26(62)12(25(21)61)7-3-4-11(10(58)5-7)90(54-50(86)34(70)18(35(71)51(54)87)16-30(66)42(78)48(84)43(79)31(16)67)55-52(88)36(72)19(37(73)53(55)89)17-32(68)44(80)49(85)45(81)33(17)69/h1,3-5H,6,57-89H2/b23-8-,24-9-. The summed E-state index contributed by atoms with van der Waals surface area (Å²) >= 11 is 0. The molecular formula is C56H72B33N. The molecule has 34 heteroatoms. The molecule has 0 heterocycles. The summed E-state index contributed by atoms with van der Waals surface area (Å²) in [5.41, 5.74) is 66.5. The van der Waals surface area contributed by atoms with Crippen molar-refractivity contribution in [3.8, 4) is 56.9 Å². The summed E-state index contributed by atoms with van der Waals surface area (Å²) in [5, 5.41) is 0. The van der Waals surface area contributed by atoms with Gasteiger partial charge in [-0.1, -0.05) is 138 Å². The number of terminal acetylenes is 1. The molecule has 8 aromatic carbocycles. The first-order valence-electron chi connectivity index (χ1n) is 33.4. The van der Waals surface area contributed by atoms with Crippen molar-refractivity contribution in [2.24, 2.45) is 0 Å². The highest BCUT2D eigenvalue weighted by atomic mass is 15.2. The predicted octanol–water partition coefficient (Wildman–Crippen LogP) is -40.9. The second-order valence-corrected chi connectivity index (χ2v) is 28.9. The minimum atomic E-state index is -0.432. The fraction of sp³-hybridized carbons (Fsp3) is 0.0357. The highest BCUT2D eigenvalue weighted by Crippen LogP contribution is 2.59. The van der Waals surface area contributed by atoms with Gasteiger partial charge < -0.3 is 4.90 Å². The van der Waals surface area contributed by atoms with E-state index >= 15 is 0 Å². The minimum Gasteiger partial charge on any atom is -0.313 e. The highest BCUT2D eigenvalue weighted by Gasteiger charge is 2.54. The Morgan fingerprint density at radius 2 is 0.600 bits per heavy atom. The summed E-state index contributed by atoms with van der Waals surface area (Å²) in [5.74, 6) is 3.04. The summed E-state index contributed by atoms with van der Waals surface area (Å²) in [7, 11) is 78.0. The Balaban J connectivity index is 1.31. The molecule has 0 saturated carbocycles. The molecule has 400 valence electrons. The summed E-state index contributed by atoms with van der Waals surface area (Å²) in [6.45, 7) is 0. The Bertz CT molecular complexity index is 4550. The number of nitrogens with zero attached hydrogens (tertiary/aromatic N) is 1. The van der Waals surface area contributed by atoms with Crippen LogP contribution in [0.5, 0.6) is 0 Å². The van der Waals surface area contributed by atoms with Gasteiger partial charge in [-0.15, -0.1) is 61.1 Å². The normalized spacial score (nSPS) is 14.7. The average Bonchev–Trinajstić information content (AvgIpc) is 1.49. The third-order valence-electron chi connectivity index (χ3n) is 25.6. The van der Waals surface area contributed by atoms with Crippen LogP contribution in [0.1, 0.15) is 28.7 Å². The molecule has 0 amide bonds. The molecule has 0 saturated heterocycles. The fourth-order valence-electron chi connectivity index (χ4n) is 17.9. The molecule has 8 aromatic rings. The van der Waals surface area contributed by atoms with E-state index in [0.29, 0.717) is 0 Å². The van der Waals surface area contributed by atoms with Crippen LogP contribution in [0, 0.1) is 12.3 Å². The Morgan fingerprint density at radius 3 is 0.956 bits per heavy atom. The van der Waals surface area contributed by atoms with E-state index in [0.717, 1.165) is 11.9 Å². The number of hydrogen-bond acceptors (Lipinski definition) is 1. The predicted molar refractivity (Wildman–Crippen MR) is 508 cm³/mol. The van der Waals surface area contributed by atoms with Crippen LogP contribution in [0.2, 0.25) is 0 Å². The number of fused-ring (bicyclic) bond motifs is 7. The van der Waals surface area contributed by atoms with E-state index in [2.05, 4.69) is 288 Å². The van der Waals surface area contributed by atoms with Crippen LogP contribution in [0.3, 0.4) is 0 Å². The van der Waals surface area contributed by atoms with Gasteiger partial charge in [-0.05, 0) is 90.3 Å². The van der Waals surface area contributed by atoms with Crippen molar-refractivity contribution in [2.45, 2.75) is 11.8 Å². The van der Waals surface area contributed by atoms with E-state index < -0.39 is 5.41 Å². The van der Waals surface area contributed by atoms with Crippen LogP contribution in [0.4, 0.5) is 17.1 Å². The Morgan fingerprint density at radius 1 is 0.322 bits per heavy atom. The molecule has 1 nitrogen and oxygen atoms in total. The summed E-state index contributed by atoms with van der Waals surface area (Å²) in [6, 6.07) is 7.53. The zero-order chi connectivity index (χ0) is 66.9. The molecule has 10 rings (SSSR count). The number of hydrogen-bond donors (Lipinski definition) is 0. The quantitative estimate of drug-likeness (QED) is 0.114. The van der Waals surface area contributed by atoms with Crippen LogP contribution in [0.25, 0.3) is 50.1 Å². The molecule has 0 N–H and O–H groups in total. The number of anilines is 3. The van der Waals surface area contributed by atoms with Crippen molar-refractivity contribution in [3.63, 3.8) is 0 Å². The van der Waals surface area contributed by atoms with Crippen molar-refractivity contribution < 1.29 is 0 Å². The fourth-order valence-corrected chi connectivity index (χ4v) is 17.9. The lowest BCUT2D eigenvalue weighted by Gasteiger charge is -2.38. The topological polar surface area (TPSA) is 3.24 Å². The molecule has 0 radical (unpaired) electrons. The Hall–Kier alpha value is -5.26. The van der Waals surface area contributed by atoms with Gasteiger partial charge in [0.1, 0.15) is 259 Å². The number of allylic oxidation sites excluding steroid dienone is 4. The molecule has 0 fully saturated rings. The second kappa shape index (κ2) is 23.6. The van der Waals surface area contributed by atoms with Gasteiger partial charge in [0.25, 0.3) is 0 Å². The molecule has 2 aliphatic carbocycles. The van der Waals surface area contributed by atoms with Gasteiger partial charge in [0.2, 0.25) is 0 Å². The maximum atomic E-state index is 6.24. The van der Waals surface area contributed by atoms with Crippen molar-refractivity contribution in [2.75, 3.05) is 4.90 Å². The zero-order valence-electron chi connectivity index (χ0n) is 62.0. The molecule has 0 bridgehead atoms. The van der Waals surface area contributed by atoms with Gasteiger partial charge in [-0.3, -0.25) is 0 Å². The van der Waals surface area contributed by atoms with Gasteiger partial charge in [0.15, 0.2) is 0 Å². The number of rotatable bonds is 7. The average molecular weight is 1120 g/mol. The van der Waals surface area contributed by atoms with Crippen molar-refractivity contribution in [1.82, 2.24) is 0 Å². The molecule has 1 atom stereocenters. The van der Waals surface area contributed by atoms with Crippen molar-refractivity contribution in [3.05, 3.63) is 56.9 Å². The molecule has 0 aromatic heterocycles. The van der Waals surface area contributed by atoms with E-state index in [1.807, 2.05) is 0 Å². The van der Waals surface area contributed by atoms with Gasteiger partial charge in [-0.2, -0.15) is 0 Å². The Labute approximate surface area is 571 Å². The number of benzene rings is 8. The monoisotopic (exact) mass is 1120 g/mol. The summed E-state index contributed by atoms with van der Waals surface area (Å²) in [6.07, 6.45) is 7.12. The van der Waals surface area contributed by atoms with Gasteiger partial charge in [0.05, 0.1) is 0 Å². The first kappa shape index (κ1) is 67.6. The van der Waals surface area contributed by atoms with E-state index in [9.17, 15) is 0 Å². The minimum absolute atomic E-state index is 0.432.